The first-order valence-electron chi connectivity index (χ1n) is 7.28. The molecule has 1 aromatic heterocycles. The lowest BCUT2D eigenvalue weighted by atomic mass is 9.93. The molecule has 3 rings (SSSR count). The Labute approximate surface area is 125 Å². The van der Waals surface area contributed by atoms with Crippen molar-refractivity contribution in [1.29, 1.82) is 0 Å². The summed E-state index contributed by atoms with van der Waals surface area (Å²) in [5.74, 6) is 0. The molecule has 0 nitrogen and oxygen atoms in total. The van der Waals surface area contributed by atoms with Gasteiger partial charge in [-0.2, -0.15) is 0 Å². The molecular formula is C19H20S. The molecule has 0 saturated heterocycles. The van der Waals surface area contributed by atoms with Gasteiger partial charge in [-0.05, 0) is 54.0 Å². The summed E-state index contributed by atoms with van der Waals surface area (Å²) < 4.78 is 1.49. The third-order valence-corrected chi connectivity index (χ3v) is 4.94. The Balaban J connectivity index is 2.33. The SMILES string of the molecule is CCCc1c(-c2ccccc2)cc(C)c2cc(C)sc12. The molecule has 102 valence electrons. The third kappa shape index (κ3) is 2.27. The van der Waals surface area contributed by atoms with Crippen LogP contribution >= 0.6 is 11.3 Å². The molecule has 0 atom stereocenters. The van der Waals surface area contributed by atoms with Crippen LogP contribution < -0.4 is 0 Å². The maximum Gasteiger partial charge on any atom is 0.0386 e. The smallest absolute Gasteiger partial charge is 0.0386 e. The molecule has 0 aliphatic carbocycles. The van der Waals surface area contributed by atoms with Gasteiger partial charge in [-0.1, -0.05) is 49.7 Å². The number of hydrogen-bond acceptors (Lipinski definition) is 1. The van der Waals surface area contributed by atoms with Crippen LogP contribution in [-0.2, 0) is 6.42 Å². The van der Waals surface area contributed by atoms with Gasteiger partial charge in [0.2, 0.25) is 0 Å². The van der Waals surface area contributed by atoms with E-state index in [0.717, 1.165) is 6.42 Å². The normalized spacial score (nSPS) is 11.2. The van der Waals surface area contributed by atoms with Crippen molar-refractivity contribution in [3.05, 3.63) is 58.5 Å². The molecule has 0 radical (unpaired) electrons. The second-order valence-corrected chi connectivity index (χ2v) is 6.69. The van der Waals surface area contributed by atoms with Crippen LogP contribution in [0.15, 0.2) is 42.5 Å². The van der Waals surface area contributed by atoms with E-state index in [1.807, 2.05) is 11.3 Å². The predicted octanol–water partition coefficient (Wildman–Crippen LogP) is 6.14. The number of aryl methyl sites for hydroxylation is 3. The summed E-state index contributed by atoms with van der Waals surface area (Å²) in [4.78, 5) is 1.41. The van der Waals surface area contributed by atoms with Crippen molar-refractivity contribution in [2.24, 2.45) is 0 Å². The first kappa shape index (κ1) is 13.4. The Morgan fingerprint density at radius 3 is 2.45 bits per heavy atom. The fourth-order valence-corrected chi connectivity index (χ4v) is 4.07. The Bertz CT molecular complexity index is 735. The van der Waals surface area contributed by atoms with Gasteiger partial charge in [-0.3, -0.25) is 0 Å². The van der Waals surface area contributed by atoms with Gasteiger partial charge < -0.3 is 0 Å². The van der Waals surface area contributed by atoms with Gasteiger partial charge in [0.1, 0.15) is 0 Å². The summed E-state index contributed by atoms with van der Waals surface area (Å²) in [7, 11) is 0. The molecule has 2 aromatic carbocycles. The van der Waals surface area contributed by atoms with E-state index in [1.54, 1.807) is 0 Å². The van der Waals surface area contributed by atoms with Crippen LogP contribution in [0.5, 0.6) is 0 Å². The van der Waals surface area contributed by atoms with Crippen LogP contribution in [-0.4, -0.2) is 0 Å². The highest BCUT2D eigenvalue weighted by Gasteiger charge is 2.13. The van der Waals surface area contributed by atoms with Gasteiger partial charge in [0.25, 0.3) is 0 Å². The van der Waals surface area contributed by atoms with E-state index in [9.17, 15) is 0 Å². The molecule has 0 unspecified atom stereocenters. The van der Waals surface area contributed by atoms with Gasteiger partial charge in [-0.15, -0.1) is 11.3 Å². The highest BCUT2D eigenvalue weighted by atomic mass is 32.1. The van der Waals surface area contributed by atoms with Crippen LogP contribution in [0.25, 0.3) is 21.2 Å². The standard InChI is InChI=1S/C19H20S/c1-4-8-16-18(15-9-6-5-7-10-15)11-13(2)17-12-14(3)20-19(16)17/h5-7,9-12H,4,8H2,1-3H3. The van der Waals surface area contributed by atoms with Crippen molar-refractivity contribution in [1.82, 2.24) is 0 Å². The molecule has 0 fully saturated rings. The second kappa shape index (κ2) is 5.41. The lowest BCUT2D eigenvalue weighted by Gasteiger charge is -2.12. The molecule has 0 aliphatic heterocycles. The third-order valence-electron chi connectivity index (χ3n) is 3.82. The Morgan fingerprint density at radius 2 is 1.75 bits per heavy atom. The average Bonchev–Trinajstić information content (AvgIpc) is 2.85. The molecule has 0 saturated carbocycles. The van der Waals surface area contributed by atoms with E-state index >= 15 is 0 Å². The van der Waals surface area contributed by atoms with E-state index in [1.165, 1.54) is 43.6 Å². The van der Waals surface area contributed by atoms with Crippen LogP contribution in [0.2, 0.25) is 0 Å². The lowest BCUT2D eigenvalue weighted by molar-refractivity contribution is 0.932. The molecule has 0 bridgehead atoms. The fourth-order valence-electron chi connectivity index (χ4n) is 2.91. The summed E-state index contributed by atoms with van der Waals surface area (Å²) in [5, 5.41) is 1.44. The van der Waals surface area contributed by atoms with E-state index in [4.69, 9.17) is 0 Å². The quantitative estimate of drug-likeness (QED) is 0.540. The zero-order chi connectivity index (χ0) is 14.1. The van der Waals surface area contributed by atoms with Gasteiger partial charge in [0.15, 0.2) is 0 Å². The minimum atomic E-state index is 1.15. The summed E-state index contributed by atoms with van der Waals surface area (Å²) in [6.07, 6.45) is 2.34. The molecule has 3 aromatic rings. The highest BCUT2D eigenvalue weighted by molar-refractivity contribution is 7.19. The fraction of sp³-hybridized carbons (Fsp3) is 0.263. The van der Waals surface area contributed by atoms with Crippen molar-refractivity contribution in [2.45, 2.75) is 33.6 Å². The number of fused-ring (bicyclic) bond motifs is 1. The van der Waals surface area contributed by atoms with Crippen LogP contribution in [0.3, 0.4) is 0 Å². The summed E-state index contributed by atoms with van der Waals surface area (Å²) in [6.45, 7) is 6.71. The van der Waals surface area contributed by atoms with Crippen molar-refractivity contribution in [3.63, 3.8) is 0 Å². The summed E-state index contributed by atoms with van der Waals surface area (Å²) in [5.41, 5.74) is 5.67. The maximum absolute atomic E-state index is 2.37. The van der Waals surface area contributed by atoms with Gasteiger partial charge in [0.05, 0.1) is 0 Å². The Morgan fingerprint density at radius 1 is 1.00 bits per heavy atom. The summed E-state index contributed by atoms with van der Waals surface area (Å²) >= 11 is 1.94. The van der Waals surface area contributed by atoms with Gasteiger partial charge in [-0.25, -0.2) is 0 Å². The largest absolute Gasteiger partial charge is 0.140 e. The first-order valence-corrected chi connectivity index (χ1v) is 8.10. The van der Waals surface area contributed by atoms with E-state index in [-0.39, 0.29) is 0 Å². The van der Waals surface area contributed by atoms with Crippen molar-refractivity contribution < 1.29 is 0 Å². The topological polar surface area (TPSA) is 0 Å². The molecule has 1 heteroatoms. The Kier molecular flexibility index (Phi) is 3.62. The monoisotopic (exact) mass is 280 g/mol. The average molecular weight is 280 g/mol. The minimum Gasteiger partial charge on any atom is -0.140 e. The van der Waals surface area contributed by atoms with Crippen molar-refractivity contribution in [3.8, 4) is 11.1 Å². The molecule has 20 heavy (non-hydrogen) atoms. The zero-order valence-corrected chi connectivity index (χ0v) is 13.2. The molecular weight excluding hydrogens is 260 g/mol. The summed E-state index contributed by atoms with van der Waals surface area (Å²) in [6, 6.07) is 15.5. The molecule has 0 aliphatic rings. The number of benzene rings is 2. The van der Waals surface area contributed by atoms with Gasteiger partial charge in [0, 0.05) is 9.58 Å². The lowest BCUT2D eigenvalue weighted by Crippen LogP contribution is -1.92. The predicted molar refractivity (Wildman–Crippen MR) is 90.7 cm³/mol. The zero-order valence-electron chi connectivity index (χ0n) is 12.4. The number of hydrogen-bond donors (Lipinski definition) is 0. The molecule has 0 spiro atoms. The Hall–Kier alpha value is -1.60. The van der Waals surface area contributed by atoms with Crippen molar-refractivity contribution >= 4 is 21.4 Å². The number of rotatable bonds is 3. The van der Waals surface area contributed by atoms with Crippen LogP contribution in [0, 0.1) is 13.8 Å². The van der Waals surface area contributed by atoms with Gasteiger partial charge >= 0.3 is 0 Å². The molecule has 0 amide bonds. The van der Waals surface area contributed by atoms with Crippen LogP contribution in [0.1, 0.15) is 29.3 Å². The molecule has 1 heterocycles. The molecule has 0 N–H and O–H groups in total. The second-order valence-electron chi connectivity index (χ2n) is 5.44. The minimum absolute atomic E-state index is 1.15. The van der Waals surface area contributed by atoms with E-state index < -0.39 is 0 Å². The first-order chi connectivity index (χ1) is 9.70. The highest BCUT2D eigenvalue weighted by Crippen LogP contribution is 2.38. The van der Waals surface area contributed by atoms with E-state index in [0.29, 0.717) is 0 Å². The van der Waals surface area contributed by atoms with Crippen molar-refractivity contribution in [2.75, 3.05) is 0 Å². The maximum atomic E-state index is 2.37. The van der Waals surface area contributed by atoms with Crippen LogP contribution in [0.4, 0.5) is 0 Å². The number of thiophene rings is 1. The van der Waals surface area contributed by atoms with E-state index in [2.05, 4.69) is 63.2 Å².